The van der Waals surface area contributed by atoms with E-state index >= 15 is 0 Å². The quantitative estimate of drug-likeness (QED) is 0.797. The Hall–Kier alpha value is -1.85. The van der Waals surface area contributed by atoms with Crippen molar-refractivity contribution >= 4 is 11.6 Å². The Kier molecular flexibility index (Phi) is 3.12. The fourth-order valence-electron chi connectivity index (χ4n) is 1.61. The third-order valence-corrected chi connectivity index (χ3v) is 2.47. The van der Waals surface area contributed by atoms with E-state index in [-0.39, 0.29) is 24.7 Å². The van der Waals surface area contributed by atoms with E-state index in [0.29, 0.717) is 11.4 Å². The van der Waals surface area contributed by atoms with Gasteiger partial charge in [-0.3, -0.25) is 4.79 Å². The summed E-state index contributed by atoms with van der Waals surface area (Å²) in [6, 6.07) is 4.26. The summed E-state index contributed by atoms with van der Waals surface area (Å²) in [5.74, 6) is 0.310. The SMILES string of the molecule is CN1C(=O)CCOc2cc(OC(F)F)ccc21. The zero-order chi connectivity index (χ0) is 12.4. The molecule has 2 rings (SSSR count). The van der Waals surface area contributed by atoms with Gasteiger partial charge in [-0.1, -0.05) is 0 Å². The number of hydrogen-bond donors (Lipinski definition) is 0. The highest BCUT2D eigenvalue weighted by Gasteiger charge is 2.20. The lowest BCUT2D eigenvalue weighted by molar-refractivity contribution is -0.118. The largest absolute Gasteiger partial charge is 0.491 e. The summed E-state index contributed by atoms with van der Waals surface area (Å²) in [7, 11) is 1.61. The van der Waals surface area contributed by atoms with Crippen molar-refractivity contribution in [3.63, 3.8) is 0 Å². The highest BCUT2D eigenvalue weighted by Crippen LogP contribution is 2.34. The molecule has 0 bridgehead atoms. The summed E-state index contributed by atoms with van der Waals surface area (Å²) in [5, 5.41) is 0. The fourth-order valence-corrected chi connectivity index (χ4v) is 1.61. The van der Waals surface area contributed by atoms with Crippen LogP contribution in [0, 0.1) is 0 Å². The number of alkyl halides is 2. The lowest BCUT2D eigenvalue weighted by Gasteiger charge is -2.16. The molecule has 0 radical (unpaired) electrons. The highest BCUT2D eigenvalue weighted by molar-refractivity contribution is 5.95. The number of amides is 1. The average molecular weight is 243 g/mol. The first kappa shape index (κ1) is 11.6. The first-order valence-corrected chi connectivity index (χ1v) is 5.06. The van der Waals surface area contributed by atoms with Gasteiger partial charge in [0, 0.05) is 13.1 Å². The number of nitrogens with zero attached hydrogens (tertiary/aromatic N) is 1. The molecule has 0 aromatic heterocycles. The molecule has 0 aliphatic carbocycles. The maximum atomic E-state index is 12.0. The van der Waals surface area contributed by atoms with Crippen molar-refractivity contribution in [2.75, 3.05) is 18.6 Å². The number of hydrogen-bond acceptors (Lipinski definition) is 3. The molecule has 1 aliphatic heterocycles. The molecule has 1 aromatic carbocycles. The Balaban J connectivity index is 2.32. The molecular formula is C11H11F2NO3. The van der Waals surface area contributed by atoms with Crippen LogP contribution in [0.15, 0.2) is 18.2 Å². The molecule has 1 aliphatic rings. The molecule has 1 aromatic rings. The minimum Gasteiger partial charge on any atom is -0.491 e. The maximum absolute atomic E-state index is 12.0. The van der Waals surface area contributed by atoms with Crippen LogP contribution in [0.1, 0.15) is 6.42 Å². The van der Waals surface area contributed by atoms with E-state index in [2.05, 4.69) is 4.74 Å². The number of halogens is 2. The smallest absolute Gasteiger partial charge is 0.387 e. The van der Waals surface area contributed by atoms with Gasteiger partial charge in [-0.2, -0.15) is 8.78 Å². The Morgan fingerprint density at radius 2 is 2.24 bits per heavy atom. The lowest BCUT2D eigenvalue weighted by atomic mass is 10.2. The van der Waals surface area contributed by atoms with Crippen molar-refractivity contribution in [2.45, 2.75) is 13.0 Å². The van der Waals surface area contributed by atoms with Gasteiger partial charge < -0.3 is 14.4 Å². The van der Waals surface area contributed by atoms with E-state index < -0.39 is 6.61 Å². The normalized spacial score (nSPS) is 15.3. The van der Waals surface area contributed by atoms with Crippen molar-refractivity contribution in [1.29, 1.82) is 0 Å². The van der Waals surface area contributed by atoms with Crippen LogP contribution in [-0.2, 0) is 4.79 Å². The molecule has 0 atom stereocenters. The number of carbonyl (C=O) groups is 1. The number of carbonyl (C=O) groups excluding carboxylic acids is 1. The predicted octanol–water partition coefficient (Wildman–Crippen LogP) is 2.03. The van der Waals surface area contributed by atoms with Crippen molar-refractivity contribution in [3.05, 3.63) is 18.2 Å². The molecular weight excluding hydrogens is 232 g/mol. The summed E-state index contributed by atoms with van der Waals surface area (Å²) >= 11 is 0. The summed E-state index contributed by atoms with van der Waals surface area (Å²) < 4.78 is 33.7. The summed E-state index contributed by atoms with van der Waals surface area (Å²) in [4.78, 5) is 13.0. The Morgan fingerprint density at radius 1 is 1.47 bits per heavy atom. The van der Waals surface area contributed by atoms with Crippen LogP contribution in [0.5, 0.6) is 11.5 Å². The van der Waals surface area contributed by atoms with Crippen LogP contribution >= 0.6 is 0 Å². The van der Waals surface area contributed by atoms with Crippen molar-refractivity contribution in [1.82, 2.24) is 0 Å². The van der Waals surface area contributed by atoms with Crippen LogP contribution in [0.25, 0.3) is 0 Å². The summed E-state index contributed by atoms with van der Waals surface area (Å²) in [5.41, 5.74) is 0.550. The Bertz CT molecular complexity index is 437. The highest BCUT2D eigenvalue weighted by atomic mass is 19.3. The van der Waals surface area contributed by atoms with E-state index in [1.54, 1.807) is 7.05 Å². The number of anilines is 1. The van der Waals surface area contributed by atoms with Gasteiger partial charge in [0.2, 0.25) is 5.91 Å². The maximum Gasteiger partial charge on any atom is 0.387 e. The number of ether oxygens (including phenoxy) is 2. The van der Waals surface area contributed by atoms with E-state index in [1.165, 1.54) is 23.1 Å². The minimum absolute atomic E-state index is 0.0153. The summed E-state index contributed by atoms with van der Waals surface area (Å²) in [6.07, 6.45) is 0.260. The standard InChI is InChI=1S/C11H11F2NO3/c1-14-8-3-2-7(17-11(12)13)6-9(8)16-5-4-10(14)15/h2-3,6,11H,4-5H2,1H3. The molecule has 4 nitrogen and oxygen atoms in total. The van der Waals surface area contributed by atoms with Crippen LogP contribution in [0.3, 0.4) is 0 Å². The molecule has 92 valence electrons. The van der Waals surface area contributed by atoms with Crippen molar-refractivity contribution in [2.24, 2.45) is 0 Å². The number of fused-ring (bicyclic) bond motifs is 1. The second-order valence-corrected chi connectivity index (χ2v) is 3.56. The molecule has 0 unspecified atom stereocenters. The van der Waals surface area contributed by atoms with Gasteiger partial charge in [0.15, 0.2) is 0 Å². The summed E-state index contributed by atoms with van der Waals surface area (Å²) in [6.45, 7) is -2.65. The molecule has 17 heavy (non-hydrogen) atoms. The van der Waals surface area contributed by atoms with Crippen LogP contribution in [-0.4, -0.2) is 26.2 Å². The zero-order valence-corrected chi connectivity index (χ0v) is 9.15. The van der Waals surface area contributed by atoms with E-state index in [1.807, 2.05) is 0 Å². The molecule has 1 heterocycles. The van der Waals surface area contributed by atoms with Gasteiger partial charge >= 0.3 is 6.61 Å². The predicted molar refractivity (Wildman–Crippen MR) is 56.6 cm³/mol. The average Bonchev–Trinajstić information content (AvgIpc) is 2.39. The first-order valence-electron chi connectivity index (χ1n) is 5.06. The third-order valence-electron chi connectivity index (χ3n) is 2.47. The monoisotopic (exact) mass is 243 g/mol. The van der Waals surface area contributed by atoms with Crippen LogP contribution in [0.2, 0.25) is 0 Å². The van der Waals surface area contributed by atoms with Gasteiger partial charge in [0.25, 0.3) is 0 Å². The second-order valence-electron chi connectivity index (χ2n) is 3.56. The Morgan fingerprint density at radius 3 is 2.94 bits per heavy atom. The molecule has 1 amide bonds. The first-order chi connectivity index (χ1) is 8.08. The van der Waals surface area contributed by atoms with E-state index in [0.717, 1.165) is 0 Å². The van der Waals surface area contributed by atoms with Gasteiger partial charge in [0.1, 0.15) is 11.5 Å². The van der Waals surface area contributed by atoms with Crippen molar-refractivity contribution in [3.8, 4) is 11.5 Å². The molecule has 6 heteroatoms. The van der Waals surface area contributed by atoms with Crippen molar-refractivity contribution < 1.29 is 23.0 Å². The molecule has 0 saturated heterocycles. The van der Waals surface area contributed by atoms with Gasteiger partial charge in [0.05, 0.1) is 18.7 Å². The Labute approximate surface area is 96.7 Å². The molecule has 0 N–H and O–H groups in total. The second kappa shape index (κ2) is 4.57. The van der Waals surface area contributed by atoms with Gasteiger partial charge in [-0.15, -0.1) is 0 Å². The van der Waals surface area contributed by atoms with Crippen LogP contribution in [0.4, 0.5) is 14.5 Å². The van der Waals surface area contributed by atoms with E-state index in [9.17, 15) is 13.6 Å². The van der Waals surface area contributed by atoms with Gasteiger partial charge in [-0.05, 0) is 12.1 Å². The zero-order valence-electron chi connectivity index (χ0n) is 9.15. The third kappa shape index (κ3) is 2.46. The molecule has 0 spiro atoms. The van der Waals surface area contributed by atoms with Gasteiger partial charge in [-0.25, -0.2) is 0 Å². The van der Waals surface area contributed by atoms with E-state index in [4.69, 9.17) is 4.74 Å². The molecule has 0 fully saturated rings. The fraction of sp³-hybridized carbons (Fsp3) is 0.364. The molecule has 0 saturated carbocycles. The number of benzene rings is 1. The van der Waals surface area contributed by atoms with Crippen LogP contribution < -0.4 is 14.4 Å². The number of rotatable bonds is 2. The topological polar surface area (TPSA) is 38.8 Å². The lowest BCUT2D eigenvalue weighted by Crippen LogP contribution is -2.25. The minimum atomic E-state index is -2.88.